The molecule has 1 saturated carbocycles. The number of nitrogens with zero attached hydrogens (tertiary/aromatic N) is 2. The number of alkyl halides is 2. The standard InChI is InChI=1S/C20H30F2N2O2/c21-20(22)26-19-9-5-4-6-16(19)14-23-11-12-24(18(15-23)10-13-25)17-7-2-1-3-8-17/h4-6,9,17-18,20,25H,1-3,7-8,10-15H2/t18-/m0/s1. The van der Waals surface area contributed by atoms with E-state index in [-0.39, 0.29) is 12.4 Å². The summed E-state index contributed by atoms with van der Waals surface area (Å²) < 4.78 is 29.9. The molecule has 1 atom stereocenters. The van der Waals surface area contributed by atoms with Crippen LogP contribution in [0.5, 0.6) is 5.75 Å². The second-order valence-electron chi connectivity index (χ2n) is 7.42. The van der Waals surface area contributed by atoms with Crippen molar-refractivity contribution >= 4 is 0 Å². The number of halogens is 2. The van der Waals surface area contributed by atoms with Gasteiger partial charge in [-0.15, -0.1) is 0 Å². The summed E-state index contributed by atoms with van der Waals surface area (Å²) in [6, 6.07) is 8.00. The second kappa shape index (κ2) is 9.62. The van der Waals surface area contributed by atoms with Crippen LogP contribution in [-0.2, 0) is 6.54 Å². The fraction of sp³-hybridized carbons (Fsp3) is 0.700. The Morgan fingerprint density at radius 1 is 1.12 bits per heavy atom. The molecule has 1 heterocycles. The van der Waals surface area contributed by atoms with E-state index in [4.69, 9.17) is 0 Å². The number of ether oxygens (including phenoxy) is 1. The van der Waals surface area contributed by atoms with Crippen molar-refractivity contribution in [1.29, 1.82) is 0 Å². The van der Waals surface area contributed by atoms with Gasteiger partial charge >= 0.3 is 6.61 Å². The minimum absolute atomic E-state index is 0.187. The molecule has 1 aliphatic carbocycles. The van der Waals surface area contributed by atoms with E-state index in [0.717, 1.165) is 31.6 Å². The molecule has 0 bridgehead atoms. The third-order valence-electron chi connectivity index (χ3n) is 5.70. The molecule has 0 spiro atoms. The first-order chi connectivity index (χ1) is 12.7. The number of benzene rings is 1. The van der Waals surface area contributed by atoms with Gasteiger partial charge in [-0.25, -0.2) is 0 Å². The van der Waals surface area contributed by atoms with Gasteiger partial charge in [0.2, 0.25) is 0 Å². The Morgan fingerprint density at radius 3 is 2.62 bits per heavy atom. The average molecular weight is 368 g/mol. The van der Waals surface area contributed by atoms with E-state index in [9.17, 15) is 13.9 Å². The number of aliphatic hydroxyl groups is 1. The van der Waals surface area contributed by atoms with Gasteiger partial charge in [0, 0.05) is 50.4 Å². The summed E-state index contributed by atoms with van der Waals surface area (Å²) in [6.07, 6.45) is 7.22. The maximum absolute atomic E-state index is 12.6. The summed E-state index contributed by atoms with van der Waals surface area (Å²) in [4.78, 5) is 4.89. The van der Waals surface area contributed by atoms with E-state index in [2.05, 4.69) is 14.5 Å². The number of aliphatic hydroxyl groups excluding tert-OH is 1. The van der Waals surface area contributed by atoms with Crippen molar-refractivity contribution in [3.63, 3.8) is 0 Å². The average Bonchev–Trinajstić information content (AvgIpc) is 2.64. The van der Waals surface area contributed by atoms with E-state index < -0.39 is 6.61 Å². The fourth-order valence-electron chi connectivity index (χ4n) is 4.46. The number of hydrogen-bond acceptors (Lipinski definition) is 4. The van der Waals surface area contributed by atoms with Crippen LogP contribution in [-0.4, -0.2) is 59.8 Å². The number of piperazine rings is 1. The molecule has 4 nitrogen and oxygen atoms in total. The van der Waals surface area contributed by atoms with E-state index in [1.165, 1.54) is 32.1 Å². The first-order valence-corrected chi connectivity index (χ1v) is 9.79. The summed E-state index contributed by atoms with van der Waals surface area (Å²) in [6.45, 7) is 0.742. The summed E-state index contributed by atoms with van der Waals surface area (Å²) >= 11 is 0. The molecular weight excluding hydrogens is 338 g/mol. The molecule has 0 unspecified atom stereocenters. The summed E-state index contributed by atoms with van der Waals surface area (Å²) in [5, 5.41) is 9.51. The Hall–Kier alpha value is -1.24. The zero-order valence-corrected chi connectivity index (χ0v) is 15.3. The third kappa shape index (κ3) is 5.15. The highest BCUT2D eigenvalue weighted by atomic mass is 19.3. The minimum Gasteiger partial charge on any atom is -0.434 e. The molecule has 2 fully saturated rings. The maximum Gasteiger partial charge on any atom is 0.387 e. The van der Waals surface area contributed by atoms with Crippen LogP contribution in [0.15, 0.2) is 24.3 Å². The van der Waals surface area contributed by atoms with Gasteiger partial charge < -0.3 is 9.84 Å². The molecule has 3 rings (SSSR count). The predicted octanol–water partition coefficient (Wildman–Crippen LogP) is 3.49. The highest BCUT2D eigenvalue weighted by molar-refractivity contribution is 5.33. The highest BCUT2D eigenvalue weighted by Crippen LogP contribution is 2.28. The Labute approximate surface area is 154 Å². The van der Waals surface area contributed by atoms with Gasteiger partial charge in [-0.1, -0.05) is 37.5 Å². The molecule has 2 aliphatic rings. The van der Waals surface area contributed by atoms with Crippen molar-refractivity contribution in [3.8, 4) is 5.75 Å². The van der Waals surface area contributed by atoms with E-state index in [1.54, 1.807) is 12.1 Å². The van der Waals surface area contributed by atoms with Gasteiger partial charge in [0.15, 0.2) is 0 Å². The zero-order chi connectivity index (χ0) is 18.4. The SMILES string of the molecule is OCC[C@H]1CN(Cc2ccccc2OC(F)F)CCN1C1CCCCC1. The number of hydrogen-bond donors (Lipinski definition) is 1. The van der Waals surface area contributed by atoms with Crippen molar-refractivity contribution in [2.75, 3.05) is 26.2 Å². The van der Waals surface area contributed by atoms with E-state index in [1.807, 2.05) is 12.1 Å². The molecule has 1 N–H and O–H groups in total. The molecular formula is C20H30F2N2O2. The van der Waals surface area contributed by atoms with Gasteiger partial charge in [0.05, 0.1) is 0 Å². The first kappa shape index (κ1) is 19.5. The van der Waals surface area contributed by atoms with Gasteiger partial charge in [-0.3, -0.25) is 9.80 Å². The normalized spacial score (nSPS) is 23.5. The molecule has 1 saturated heterocycles. The smallest absolute Gasteiger partial charge is 0.387 e. The lowest BCUT2D eigenvalue weighted by molar-refractivity contribution is -0.0512. The van der Waals surface area contributed by atoms with Crippen molar-refractivity contribution in [3.05, 3.63) is 29.8 Å². The summed E-state index contributed by atoms with van der Waals surface area (Å²) in [5.74, 6) is 0.260. The van der Waals surface area contributed by atoms with Crippen LogP contribution in [0.25, 0.3) is 0 Å². The highest BCUT2D eigenvalue weighted by Gasteiger charge is 2.32. The van der Waals surface area contributed by atoms with Crippen LogP contribution in [0.4, 0.5) is 8.78 Å². The first-order valence-electron chi connectivity index (χ1n) is 9.79. The van der Waals surface area contributed by atoms with Gasteiger partial charge in [0.1, 0.15) is 5.75 Å². The van der Waals surface area contributed by atoms with Gasteiger partial charge in [0.25, 0.3) is 0 Å². The molecule has 0 radical (unpaired) electrons. The fourth-order valence-corrected chi connectivity index (χ4v) is 4.46. The molecule has 0 amide bonds. The van der Waals surface area contributed by atoms with Crippen molar-refractivity contribution in [1.82, 2.24) is 9.80 Å². The number of rotatable bonds is 7. The second-order valence-corrected chi connectivity index (χ2v) is 7.42. The van der Waals surface area contributed by atoms with Crippen LogP contribution < -0.4 is 4.74 Å². The van der Waals surface area contributed by atoms with Crippen LogP contribution in [0.1, 0.15) is 44.1 Å². The summed E-state index contributed by atoms with van der Waals surface area (Å²) in [5.41, 5.74) is 0.793. The lowest BCUT2D eigenvalue weighted by Crippen LogP contribution is -2.56. The molecule has 6 heteroatoms. The molecule has 1 aliphatic heterocycles. The van der Waals surface area contributed by atoms with Crippen LogP contribution in [0.2, 0.25) is 0 Å². The largest absolute Gasteiger partial charge is 0.434 e. The van der Waals surface area contributed by atoms with E-state index >= 15 is 0 Å². The lowest BCUT2D eigenvalue weighted by Gasteiger charge is -2.46. The van der Waals surface area contributed by atoms with Crippen molar-refractivity contribution in [2.45, 2.75) is 63.8 Å². The van der Waals surface area contributed by atoms with Crippen LogP contribution in [0.3, 0.4) is 0 Å². The van der Waals surface area contributed by atoms with Gasteiger partial charge in [-0.2, -0.15) is 8.78 Å². The quantitative estimate of drug-likeness (QED) is 0.799. The lowest BCUT2D eigenvalue weighted by atomic mass is 9.91. The molecule has 146 valence electrons. The monoisotopic (exact) mass is 368 g/mol. The van der Waals surface area contributed by atoms with Crippen LogP contribution >= 0.6 is 0 Å². The molecule has 26 heavy (non-hydrogen) atoms. The van der Waals surface area contributed by atoms with Crippen molar-refractivity contribution in [2.24, 2.45) is 0 Å². The zero-order valence-electron chi connectivity index (χ0n) is 15.3. The Balaban J connectivity index is 1.64. The number of para-hydroxylation sites is 1. The Kier molecular flexibility index (Phi) is 7.23. The minimum atomic E-state index is -2.80. The third-order valence-corrected chi connectivity index (χ3v) is 5.70. The molecule has 1 aromatic rings. The topological polar surface area (TPSA) is 35.9 Å². The van der Waals surface area contributed by atoms with E-state index in [0.29, 0.717) is 18.6 Å². The Bertz CT molecular complexity index is 552. The molecule has 1 aromatic carbocycles. The Morgan fingerprint density at radius 2 is 1.88 bits per heavy atom. The van der Waals surface area contributed by atoms with Crippen LogP contribution in [0, 0.1) is 0 Å². The maximum atomic E-state index is 12.6. The molecule has 0 aromatic heterocycles. The van der Waals surface area contributed by atoms with Crippen molar-refractivity contribution < 1.29 is 18.6 Å². The summed E-state index contributed by atoms with van der Waals surface area (Å²) in [7, 11) is 0. The predicted molar refractivity (Wildman–Crippen MR) is 97.4 cm³/mol. The van der Waals surface area contributed by atoms with Gasteiger partial charge in [-0.05, 0) is 25.3 Å².